The van der Waals surface area contributed by atoms with E-state index in [0.717, 1.165) is 28.2 Å². The van der Waals surface area contributed by atoms with E-state index in [4.69, 9.17) is 0 Å². The van der Waals surface area contributed by atoms with E-state index in [1.54, 1.807) is 0 Å². The summed E-state index contributed by atoms with van der Waals surface area (Å²) in [4.78, 5) is 0. The summed E-state index contributed by atoms with van der Waals surface area (Å²) in [7, 11) is 2.12. The minimum atomic E-state index is 0.460. The van der Waals surface area contributed by atoms with Crippen LogP contribution in [0, 0.1) is 11.3 Å². The Morgan fingerprint density at radius 3 is 1.87 bits per heavy atom. The van der Waals surface area contributed by atoms with E-state index in [9.17, 15) is 0 Å². The Hall–Kier alpha value is 0.600. The molecule has 0 spiro atoms. The Bertz CT molecular complexity index is 189. The first-order valence-corrected chi connectivity index (χ1v) is 8.62. The molecule has 0 fully saturated rings. The first-order chi connectivity index (χ1) is 6.77. The third-order valence-corrected chi connectivity index (χ3v) is 6.83. The third kappa shape index (κ3) is 7.48. The van der Waals surface area contributed by atoms with Gasteiger partial charge in [-0.3, -0.25) is 0 Å². The molecular formula is C13H28P2. The second-order valence-corrected chi connectivity index (χ2v) is 9.25. The van der Waals surface area contributed by atoms with Crippen LogP contribution in [0.15, 0.2) is 12.2 Å². The maximum absolute atomic E-state index is 2.45. The molecule has 0 amide bonds. The average molecular weight is 246 g/mol. The van der Waals surface area contributed by atoms with Gasteiger partial charge in [0.1, 0.15) is 0 Å². The van der Waals surface area contributed by atoms with Crippen molar-refractivity contribution in [3.05, 3.63) is 12.2 Å². The van der Waals surface area contributed by atoms with Crippen LogP contribution in [-0.2, 0) is 0 Å². The molecule has 0 nitrogen and oxygen atoms in total. The van der Waals surface area contributed by atoms with Crippen LogP contribution in [-0.4, -0.2) is 17.7 Å². The summed E-state index contributed by atoms with van der Waals surface area (Å²) in [5.41, 5.74) is 1.29. The van der Waals surface area contributed by atoms with Gasteiger partial charge in [0.25, 0.3) is 0 Å². The van der Waals surface area contributed by atoms with E-state index in [1.165, 1.54) is 0 Å². The molecule has 2 heteroatoms. The van der Waals surface area contributed by atoms with Gasteiger partial charge in [0.2, 0.25) is 0 Å². The molecule has 0 aliphatic carbocycles. The zero-order chi connectivity index (χ0) is 12.1. The Labute approximate surface area is 100 Å². The molecule has 0 saturated heterocycles. The molecule has 4 unspecified atom stereocenters. The standard InChI is InChI=1S/C13H28P2/c1-10(2)8-9-12(14-7)15-11(3)13(4,5)6/h8-12,14-15H,1-7H3. The number of rotatable bonds is 5. The van der Waals surface area contributed by atoms with Gasteiger partial charge in [-0.15, -0.1) is 17.2 Å². The molecule has 0 saturated carbocycles. The number of allylic oxidation sites excluding steroid dienone is 2. The van der Waals surface area contributed by atoms with Crippen LogP contribution in [0.25, 0.3) is 0 Å². The highest BCUT2D eigenvalue weighted by molar-refractivity contribution is 7.57. The fourth-order valence-electron chi connectivity index (χ4n) is 1.09. The van der Waals surface area contributed by atoms with Gasteiger partial charge in [0, 0.05) is 5.40 Å². The predicted molar refractivity (Wildman–Crippen MR) is 79.2 cm³/mol. The lowest BCUT2D eigenvalue weighted by Gasteiger charge is -2.29. The zero-order valence-electron chi connectivity index (χ0n) is 11.4. The van der Waals surface area contributed by atoms with Crippen LogP contribution in [0.1, 0.15) is 41.5 Å². The van der Waals surface area contributed by atoms with Crippen LogP contribution in [0.4, 0.5) is 0 Å². The van der Waals surface area contributed by atoms with Crippen molar-refractivity contribution in [2.45, 2.75) is 52.6 Å². The lowest BCUT2D eigenvalue weighted by atomic mass is 9.93. The van der Waals surface area contributed by atoms with Crippen LogP contribution in [0.3, 0.4) is 0 Å². The fourth-order valence-corrected chi connectivity index (χ4v) is 4.07. The van der Waals surface area contributed by atoms with Crippen molar-refractivity contribution in [2.75, 3.05) is 6.66 Å². The van der Waals surface area contributed by atoms with E-state index in [1.807, 2.05) is 0 Å². The van der Waals surface area contributed by atoms with Crippen molar-refractivity contribution in [3.8, 4) is 0 Å². The maximum Gasteiger partial charge on any atom is 0.0115 e. The highest BCUT2D eigenvalue weighted by Crippen LogP contribution is 2.43. The second-order valence-electron chi connectivity index (χ2n) is 5.65. The fraction of sp³-hybridized carbons (Fsp3) is 0.846. The summed E-state index contributed by atoms with van der Waals surface area (Å²) >= 11 is 0. The zero-order valence-corrected chi connectivity index (χ0v) is 13.4. The van der Waals surface area contributed by atoms with Gasteiger partial charge in [-0.25, -0.2) is 0 Å². The molecule has 4 atom stereocenters. The summed E-state index contributed by atoms with van der Waals surface area (Å²) in [6, 6.07) is 0. The molecule has 15 heavy (non-hydrogen) atoms. The number of hydrogen-bond donors (Lipinski definition) is 0. The molecule has 0 aliphatic rings. The maximum atomic E-state index is 2.45. The predicted octanol–water partition coefficient (Wildman–Crippen LogP) is 4.95. The highest BCUT2D eigenvalue weighted by atomic mass is 31.1. The molecule has 90 valence electrons. The van der Waals surface area contributed by atoms with Crippen molar-refractivity contribution in [3.63, 3.8) is 0 Å². The van der Waals surface area contributed by atoms with E-state index < -0.39 is 0 Å². The number of hydrogen-bond acceptors (Lipinski definition) is 0. The lowest BCUT2D eigenvalue weighted by Crippen LogP contribution is -2.19. The molecule has 0 aromatic carbocycles. The van der Waals surface area contributed by atoms with Gasteiger partial charge in [-0.05, 0) is 23.7 Å². The highest BCUT2D eigenvalue weighted by Gasteiger charge is 2.21. The van der Waals surface area contributed by atoms with E-state index in [-0.39, 0.29) is 0 Å². The topological polar surface area (TPSA) is 0 Å². The van der Waals surface area contributed by atoms with E-state index in [2.05, 4.69) is 60.4 Å². The molecule has 0 aliphatic heterocycles. The molecule has 0 N–H and O–H groups in total. The normalized spacial score (nSPS) is 18.9. The molecule has 0 radical (unpaired) electrons. The first-order valence-electron chi connectivity index (χ1n) is 5.89. The van der Waals surface area contributed by atoms with Crippen molar-refractivity contribution in [1.29, 1.82) is 0 Å². The Balaban J connectivity index is 4.22. The minimum absolute atomic E-state index is 0.460. The van der Waals surface area contributed by atoms with Gasteiger partial charge in [0.15, 0.2) is 0 Å². The lowest BCUT2D eigenvalue weighted by molar-refractivity contribution is 0.408. The van der Waals surface area contributed by atoms with Gasteiger partial charge in [0.05, 0.1) is 0 Å². The van der Waals surface area contributed by atoms with Crippen LogP contribution >= 0.6 is 17.2 Å². The molecule has 0 rings (SSSR count). The van der Waals surface area contributed by atoms with E-state index in [0.29, 0.717) is 11.3 Å². The average Bonchev–Trinajstić information content (AvgIpc) is 2.09. The summed E-state index contributed by atoms with van der Waals surface area (Å²) in [5.74, 6) is 0.693. The molecule has 0 aromatic heterocycles. The van der Waals surface area contributed by atoms with Gasteiger partial charge < -0.3 is 0 Å². The smallest absolute Gasteiger partial charge is 0.0115 e. The monoisotopic (exact) mass is 246 g/mol. The largest absolute Gasteiger partial charge is 0.114 e. The minimum Gasteiger partial charge on any atom is -0.114 e. The Morgan fingerprint density at radius 1 is 1.00 bits per heavy atom. The molecule has 0 aromatic rings. The quantitative estimate of drug-likeness (QED) is 0.476. The van der Waals surface area contributed by atoms with Crippen LogP contribution in [0.2, 0.25) is 0 Å². The third-order valence-electron chi connectivity index (χ3n) is 2.73. The first kappa shape index (κ1) is 15.6. The van der Waals surface area contributed by atoms with Crippen LogP contribution < -0.4 is 0 Å². The van der Waals surface area contributed by atoms with Crippen LogP contribution in [0.5, 0.6) is 0 Å². The van der Waals surface area contributed by atoms with Crippen molar-refractivity contribution < 1.29 is 0 Å². The summed E-state index contributed by atoms with van der Waals surface area (Å²) in [5, 5.41) is 0.821. The SMILES string of the molecule is CPC(C=CC(C)C)PC(C)C(C)(C)C. The summed E-state index contributed by atoms with van der Waals surface area (Å²) in [6.07, 6.45) is 4.81. The Morgan fingerprint density at radius 2 is 1.53 bits per heavy atom. The van der Waals surface area contributed by atoms with Crippen molar-refractivity contribution in [1.82, 2.24) is 0 Å². The summed E-state index contributed by atoms with van der Waals surface area (Å²) < 4.78 is 0. The van der Waals surface area contributed by atoms with Crippen molar-refractivity contribution >= 4 is 17.2 Å². The van der Waals surface area contributed by atoms with Crippen molar-refractivity contribution in [2.24, 2.45) is 11.3 Å². The summed E-state index contributed by atoms with van der Waals surface area (Å²) in [6.45, 7) is 16.3. The molecule has 0 bridgehead atoms. The van der Waals surface area contributed by atoms with E-state index >= 15 is 0 Å². The van der Waals surface area contributed by atoms with Gasteiger partial charge in [-0.2, -0.15) is 0 Å². The molecule has 0 heterocycles. The molecular weight excluding hydrogens is 218 g/mol. The van der Waals surface area contributed by atoms with Gasteiger partial charge >= 0.3 is 0 Å². The Kier molecular flexibility index (Phi) is 7.31. The van der Waals surface area contributed by atoms with Gasteiger partial charge in [-0.1, -0.05) is 53.7 Å². The second kappa shape index (κ2) is 7.03.